The van der Waals surface area contributed by atoms with Crippen molar-refractivity contribution in [1.82, 2.24) is 4.90 Å². The van der Waals surface area contributed by atoms with E-state index < -0.39 is 10.6 Å². The molecule has 1 fully saturated rings. The minimum Gasteiger partial charge on any atom is -0.492 e. The van der Waals surface area contributed by atoms with Gasteiger partial charge in [-0.3, -0.25) is 9.69 Å². The second kappa shape index (κ2) is 14.9. The minimum absolute atomic E-state index is 0.0247. The van der Waals surface area contributed by atoms with Gasteiger partial charge in [0.15, 0.2) is 5.78 Å². The molecule has 0 amide bonds. The fraction of sp³-hybridized carbons (Fsp3) is 0.346. The molecule has 0 aromatic heterocycles. The average Bonchev–Trinajstić information content (AvgIpc) is 2.82. The van der Waals surface area contributed by atoms with E-state index in [1.807, 2.05) is 48.6 Å². The van der Waals surface area contributed by atoms with Crippen molar-refractivity contribution < 1.29 is 22.2 Å². The molecule has 2 aromatic rings. The summed E-state index contributed by atoms with van der Waals surface area (Å²) in [5, 5.41) is 0. The molecule has 0 bridgehead atoms. The molecule has 0 aliphatic carbocycles. The largest absolute Gasteiger partial charge is 0.492 e. The second-order valence-corrected chi connectivity index (χ2v) is 8.10. The van der Waals surface area contributed by atoms with Crippen LogP contribution in [-0.2, 0) is 21.8 Å². The number of hydrogen-bond acceptors (Lipinski definition) is 6. The molecule has 0 N–H and O–H groups in total. The zero-order chi connectivity index (χ0) is 23.9. The Kier molecular flexibility index (Phi) is 11.9. The Balaban J connectivity index is 0.000000890. The average molecular weight is 470 g/mol. The number of nitrogens with zero attached hydrogens (tertiary/aromatic N) is 1. The Labute approximate surface area is 197 Å². The highest BCUT2D eigenvalue weighted by Gasteiger charge is 2.09. The highest BCUT2D eigenvalue weighted by atomic mass is 32.2. The molecule has 1 saturated heterocycles. The van der Waals surface area contributed by atoms with Gasteiger partial charge in [0.25, 0.3) is 0 Å². The van der Waals surface area contributed by atoms with Gasteiger partial charge in [0.2, 0.25) is 0 Å². The van der Waals surface area contributed by atoms with Gasteiger partial charge in [-0.05, 0) is 73.3 Å². The van der Waals surface area contributed by atoms with Crippen molar-refractivity contribution in [2.24, 2.45) is 0 Å². The molecule has 0 radical (unpaired) electrons. The van der Waals surface area contributed by atoms with Crippen LogP contribution < -0.4 is 4.74 Å². The van der Waals surface area contributed by atoms with Crippen LogP contribution in [-0.4, -0.2) is 49.6 Å². The van der Waals surface area contributed by atoms with Crippen molar-refractivity contribution in [2.75, 3.05) is 26.2 Å². The van der Waals surface area contributed by atoms with E-state index in [-0.39, 0.29) is 5.78 Å². The summed E-state index contributed by atoms with van der Waals surface area (Å²) in [6.07, 6.45) is 11.9. The number of ether oxygens (including phenoxy) is 1. The first-order chi connectivity index (χ1) is 16.0. The number of piperidine rings is 1. The van der Waals surface area contributed by atoms with E-state index in [4.69, 9.17) is 17.4 Å². The Hall–Kier alpha value is -3.03. The predicted octanol–water partition coefficient (Wildman–Crippen LogP) is 4.41. The van der Waals surface area contributed by atoms with Crippen LogP contribution in [0.5, 0.6) is 5.75 Å². The number of rotatable bonds is 9. The topological polar surface area (TPSA) is 80.8 Å². The molecule has 1 aliphatic rings. The van der Waals surface area contributed by atoms with Crippen LogP contribution in [0.3, 0.4) is 0 Å². The Bertz CT molecular complexity index is 1050. The van der Waals surface area contributed by atoms with Gasteiger partial charge in [-0.1, -0.05) is 61.9 Å². The van der Waals surface area contributed by atoms with Crippen LogP contribution in [0.2, 0.25) is 0 Å². The summed E-state index contributed by atoms with van der Waals surface area (Å²) in [7, 11) is -3.11. The third kappa shape index (κ3) is 11.4. The first-order valence-corrected chi connectivity index (χ1v) is 12.2. The minimum atomic E-state index is -3.11. The molecule has 0 saturated carbocycles. The van der Waals surface area contributed by atoms with Crippen LogP contribution in [0.4, 0.5) is 0 Å². The third-order valence-corrected chi connectivity index (χ3v) is 5.22. The molecular weight excluding hydrogens is 438 g/mol. The molecule has 1 aliphatic heterocycles. The molecular formula is C26H31NO5S. The van der Waals surface area contributed by atoms with Crippen molar-refractivity contribution in [2.45, 2.75) is 32.6 Å². The van der Waals surface area contributed by atoms with Crippen LogP contribution in [0.25, 0.3) is 12.2 Å². The van der Waals surface area contributed by atoms with Crippen LogP contribution in [0.1, 0.15) is 42.9 Å². The van der Waals surface area contributed by atoms with Crippen molar-refractivity contribution in [3.05, 3.63) is 77.4 Å². The molecule has 0 unspecified atom stereocenters. The summed E-state index contributed by atoms with van der Waals surface area (Å²) >= 11 is 0. The summed E-state index contributed by atoms with van der Waals surface area (Å²) in [6, 6.07) is 16.1. The first-order valence-electron chi connectivity index (χ1n) is 11.2. The standard InChI is InChI=1S/C26H31NO2.O3S/c1-2-22-8-6-9-23(20-22)12-14-25(28)15-13-24-10-7-11-26(21-24)29-19-18-27-16-4-3-5-17-27;1-4(2)3/h6-15,20-21H,2-5,16-19H2,1H3;/b14-12+,15-13+;. The van der Waals surface area contributed by atoms with E-state index in [0.29, 0.717) is 6.61 Å². The summed E-state index contributed by atoms with van der Waals surface area (Å²) in [5.74, 6) is 0.826. The van der Waals surface area contributed by atoms with Gasteiger partial charge in [-0.2, -0.15) is 0 Å². The van der Waals surface area contributed by atoms with Gasteiger partial charge in [-0.15, -0.1) is 12.6 Å². The number of benzene rings is 2. The number of aryl methyl sites for hydroxylation is 1. The fourth-order valence-electron chi connectivity index (χ4n) is 3.51. The van der Waals surface area contributed by atoms with Gasteiger partial charge < -0.3 is 4.74 Å². The zero-order valence-corrected chi connectivity index (χ0v) is 19.8. The van der Waals surface area contributed by atoms with E-state index in [2.05, 4.69) is 24.0 Å². The van der Waals surface area contributed by atoms with Crippen LogP contribution >= 0.6 is 0 Å². The number of carbonyl (C=O) groups excluding carboxylic acids is 1. The lowest BCUT2D eigenvalue weighted by Crippen LogP contribution is -2.33. The Morgan fingerprint density at radius 3 is 2.18 bits per heavy atom. The van der Waals surface area contributed by atoms with Gasteiger partial charge in [0.05, 0.1) is 0 Å². The Morgan fingerprint density at radius 2 is 1.55 bits per heavy atom. The fourth-order valence-corrected chi connectivity index (χ4v) is 3.51. The normalized spacial score (nSPS) is 14.1. The van der Waals surface area contributed by atoms with E-state index in [1.54, 1.807) is 12.2 Å². The lowest BCUT2D eigenvalue weighted by molar-refractivity contribution is -0.110. The number of allylic oxidation sites excluding steroid dienone is 2. The zero-order valence-electron chi connectivity index (χ0n) is 19.0. The molecule has 1 heterocycles. The van der Waals surface area contributed by atoms with Crippen molar-refractivity contribution in [1.29, 1.82) is 0 Å². The van der Waals surface area contributed by atoms with E-state index in [0.717, 1.165) is 29.8 Å². The van der Waals surface area contributed by atoms with Gasteiger partial charge in [0, 0.05) is 6.54 Å². The van der Waals surface area contributed by atoms with E-state index in [1.165, 1.54) is 37.9 Å². The Morgan fingerprint density at radius 1 is 0.939 bits per heavy atom. The predicted molar refractivity (Wildman–Crippen MR) is 131 cm³/mol. The van der Waals surface area contributed by atoms with Crippen LogP contribution in [0, 0.1) is 0 Å². The van der Waals surface area contributed by atoms with E-state index in [9.17, 15) is 4.79 Å². The molecule has 0 atom stereocenters. The van der Waals surface area contributed by atoms with Crippen molar-refractivity contribution in [3.63, 3.8) is 0 Å². The quantitative estimate of drug-likeness (QED) is 0.506. The molecule has 176 valence electrons. The van der Waals surface area contributed by atoms with Crippen molar-refractivity contribution in [3.8, 4) is 5.75 Å². The summed E-state index contributed by atoms with van der Waals surface area (Å²) in [4.78, 5) is 14.6. The SMILES string of the molecule is CCc1cccc(/C=C/C(=O)/C=C/c2cccc(OCCN3CCCCC3)c2)c1.O=S(=O)=O. The maximum Gasteiger partial charge on any atom is 0.425 e. The maximum atomic E-state index is 12.2. The molecule has 0 spiro atoms. The summed E-state index contributed by atoms with van der Waals surface area (Å²) in [5.41, 5.74) is 3.29. The molecule has 6 nitrogen and oxygen atoms in total. The van der Waals surface area contributed by atoms with Gasteiger partial charge in [-0.25, -0.2) is 0 Å². The highest BCUT2D eigenvalue weighted by molar-refractivity contribution is 7.59. The number of carbonyl (C=O) groups is 1. The molecule has 33 heavy (non-hydrogen) atoms. The maximum absolute atomic E-state index is 12.2. The molecule has 7 heteroatoms. The second-order valence-electron chi connectivity index (χ2n) is 7.70. The lowest BCUT2D eigenvalue weighted by atomic mass is 10.1. The summed E-state index contributed by atoms with van der Waals surface area (Å²) < 4.78 is 31.2. The number of ketones is 1. The van der Waals surface area contributed by atoms with Gasteiger partial charge >= 0.3 is 10.6 Å². The van der Waals surface area contributed by atoms with Gasteiger partial charge in [0.1, 0.15) is 12.4 Å². The molecule has 2 aromatic carbocycles. The summed E-state index contributed by atoms with van der Waals surface area (Å²) in [6.45, 7) is 6.17. The smallest absolute Gasteiger partial charge is 0.425 e. The monoisotopic (exact) mass is 469 g/mol. The van der Waals surface area contributed by atoms with Crippen LogP contribution in [0.15, 0.2) is 60.7 Å². The lowest BCUT2D eigenvalue weighted by Gasteiger charge is -2.26. The van der Waals surface area contributed by atoms with E-state index >= 15 is 0 Å². The first kappa shape index (κ1) is 26.2. The highest BCUT2D eigenvalue weighted by Crippen LogP contribution is 2.15. The third-order valence-electron chi connectivity index (χ3n) is 5.22. The number of likely N-dealkylation sites (tertiary alicyclic amines) is 1. The van der Waals surface area contributed by atoms with Crippen molar-refractivity contribution >= 4 is 28.5 Å². The molecule has 3 rings (SSSR count). The number of hydrogen-bond donors (Lipinski definition) is 0.